The molecule has 2 N–H and O–H groups in total. The molecule has 1 aromatic rings. The van der Waals surface area contributed by atoms with Gasteiger partial charge in [0, 0.05) is 38.6 Å². The lowest BCUT2D eigenvalue weighted by molar-refractivity contribution is -0.387. The second-order valence-corrected chi connectivity index (χ2v) is 5.95. The zero-order valence-electron chi connectivity index (χ0n) is 12.0. The maximum Gasteiger partial charge on any atom is 0.289 e. The minimum atomic E-state index is -3.94. The van der Waals surface area contributed by atoms with Crippen LogP contribution >= 0.6 is 0 Å². The second kappa shape index (κ2) is 7.91. The normalized spacial score (nSPS) is 11.3. The third-order valence-corrected chi connectivity index (χ3v) is 4.13. The zero-order valence-corrected chi connectivity index (χ0v) is 12.8. The lowest BCUT2D eigenvalue weighted by Gasteiger charge is -2.09. The van der Waals surface area contributed by atoms with Crippen LogP contribution in [0.15, 0.2) is 23.1 Å². The lowest BCUT2D eigenvalue weighted by atomic mass is 10.3. The van der Waals surface area contributed by atoms with E-state index in [0.717, 1.165) is 0 Å². The van der Waals surface area contributed by atoms with Gasteiger partial charge in [-0.15, -0.1) is 0 Å². The topological polar surface area (TPSA) is 111 Å². The van der Waals surface area contributed by atoms with Crippen molar-refractivity contribution >= 4 is 21.4 Å². The summed E-state index contributed by atoms with van der Waals surface area (Å²) in [5.41, 5.74) is 0.0660. The van der Waals surface area contributed by atoms with Crippen LogP contribution in [0.4, 0.5) is 11.4 Å². The first-order chi connectivity index (χ1) is 9.92. The van der Waals surface area contributed by atoms with Crippen LogP contribution in [0.25, 0.3) is 0 Å². The van der Waals surface area contributed by atoms with Gasteiger partial charge in [-0.25, -0.2) is 13.1 Å². The van der Waals surface area contributed by atoms with Crippen molar-refractivity contribution in [3.8, 4) is 0 Å². The molecule has 0 atom stereocenters. The first-order valence-electron chi connectivity index (χ1n) is 6.43. The monoisotopic (exact) mass is 317 g/mol. The number of nitrogens with zero attached hydrogens (tertiary/aromatic N) is 1. The maximum atomic E-state index is 12.2. The standard InChI is InChI=1S/C12H19N3O5S/c1-3-13-10-5-6-11(15(16)17)12(9-10)21(18,19)14-7-4-8-20-2/h5-6,9,13-14H,3-4,7-8H2,1-2H3. The number of hydrogen-bond donors (Lipinski definition) is 2. The molecule has 0 unspecified atom stereocenters. The zero-order chi connectivity index (χ0) is 15.9. The van der Waals surface area contributed by atoms with Gasteiger partial charge in [0.2, 0.25) is 10.0 Å². The van der Waals surface area contributed by atoms with E-state index in [1.54, 1.807) is 0 Å². The number of nitrogens with one attached hydrogen (secondary N) is 2. The van der Waals surface area contributed by atoms with Crippen molar-refractivity contribution in [2.24, 2.45) is 0 Å². The molecule has 9 heteroatoms. The molecule has 1 aromatic carbocycles. The first-order valence-corrected chi connectivity index (χ1v) is 7.91. The predicted octanol–water partition coefficient (Wildman–Crippen LogP) is 1.34. The van der Waals surface area contributed by atoms with E-state index in [-0.39, 0.29) is 11.4 Å². The minimum absolute atomic E-state index is 0.152. The molecule has 0 aliphatic carbocycles. The number of hydrogen-bond acceptors (Lipinski definition) is 6. The molecule has 0 bridgehead atoms. The van der Waals surface area contributed by atoms with Gasteiger partial charge in [0.15, 0.2) is 4.90 Å². The summed E-state index contributed by atoms with van der Waals surface area (Å²) in [7, 11) is -2.43. The average Bonchev–Trinajstić information content (AvgIpc) is 2.44. The fraction of sp³-hybridized carbons (Fsp3) is 0.500. The fourth-order valence-electron chi connectivity index (χ4n) is 1.70. The largest absolute Gasteiger partial charge is 0.385 e. The Hall–Kier alpha value is -1.71. The summed E-state index contributed by atoms with van der Waals surface area (Å²) in [5.74, 6) is 0. The van der Waals surface area contributed by atoms with Crippen LogP contribution in [-0.2, 0) is 14.8 Å². The van der Waals surface area contributed by atoms with E-state index < -0.39 is 20.6 Å². The van der Waals surface area contributed by atoms with Gasteiger partial charge in [0.05, 0.1) is 4.92 Å². The van der Waals surface area contributed by atoms with Crippen molar-refractivity contribution in [1.29, 1.82) is 0 Å². The maximum absolute atomic E-state index is 12.2. The van der Waals surface area contributed by atoms with Crippen molar-refractivity contribution in [3.05, 3.63) is 28.3 Å². The van der Waals surface area contributed by atoms with Crippen molar-refractivity contribution < 1.29 is 18.1 Å². The Morgan fingerprint density at radius 2 is 2.10 bits per heavy atom. The van der Waals surface area contributed by atoms with E-state index in [4.69, 9.17) is 4.74 Å². The van der Waals surface area contributed by atoms with Crippen molar-refractivity contribution in [2.75, 3.05) is 32.1 Å². The minimum Gasteiger partial charge on any atom is -0.385 e. The van der Waals surface area contributed by atoms with Gasteiger partial charge in [-0.05, 0) is 25.5 Å². The Labute approximate surface area is 123 Å². The number of benzene rings is 1. The summed E-state index contributed by atoms with van der Waals surface area (Å²) in [6.45, 7) is 2.98. The van der Waals surface area contributed by atoms with Crippen LogP contribution in [0.5, 0.6) is 0 Å². The van der Waals surface area contributed by atoms with Gasteiger partial charge in [-0.1, -0.05) is 0 Å². The molecule has 0 radical (unpaired) electrons. The Morgan fingerprint density at radius 3 is 2.67 bits per heavy atom. The molecule has 0 aliphatic rings. The molecule has 0 saturated heterocycles. The summed E-state index contributed by atoms with van der Waals surface area (Å²) in [6, 6.07) is 3.92. The van der Waals surface area contributed by atoms with E-state index in [9.17, 15) is 18.5 Å². The molecule has 8 nitrogen and oxygen atoms in total. The van der Waals surface area contributed by atoms with Gasteiger partial charge >= 0.3 is 0 Å². The van der Waals surface area contributed by atoms with Crippen LogP contribution in [0.3, 0.4) is 0 Å². The van der Waals surface area contributed by atoms with Crippen LogP contribution in [0, 0.1) is 10.1 Å². The van der Waals surface area contributed by atoms with E-state index in [0.29, 0.717) is 25.3 Å². The lowest BCUT2D eigenvalue weighted by Crippen LogP contribution is -2.26. The van der Waals surface area contributed by atoms with Gasteiger partial charge in [0.25, 0.3) is 5.69 Å². The SMILES string of the molecule is CCNc1ccc([N+](=O)[O-])c(S(=O)(=O)NCCCOC)c1. The Balaban J connectivity index is 3.06. The summed E-state index contributed by atoms with van der Waals surface area (Å²) < 4.78 is 31.5. The predicted molar refractivity (Wildman–Crippen MR) is 78.9 cm³/mol. The first kappa shape index (κ1) is 17.3. The van der Waals surface area contributed by atoms with Crippen molar-refractivity contribution in [3.63, 3.8) is 0 Å². The van der Waals surface area contributed by atoms with E-state index in [1.807, 2.05) is 6.92 Å². The number of ether oxygens (including phenoxy) is 1. The van der Waals surface area contributed by atoms with Gasteiger partial charge in [0.1, 0.15) is 0 Å². The van der Waals surface area contributed by atoms with E-state index >= 15 is 0 Å². The summed E-state index contributed by atoms with van der Waals surface area (Å²) in [6.07, 6.45) is 0.483. The number of nitro groups is 1. The smallest absolute Gasteiger partial charge is 0.289 e. The number of methoxy groups -OCH3 is 1. The highest BCUT2D eigenvalue weighted by Gasteiger charge is 2.25. The number of nitro benzene ring substituents is 1. The van der Waals surface area contributed by atoms with E-state index in [1.165, 1.54) is 25.3 Å². The molecule has 0 heterocycles. The molecule has 0 aliphatic heterocycles. The number of rotatable bonds is 9. The molecule has 0 fully saturated rings. The highest BCUT2D eigenvalue weighted by atomic mass is 32.2. The molecular weight excluding hydrogens is 298 g/mol. The third kappa shape index (κ3) is 4.96. The van der Waals surface area contributed by atoms with Gasteiger partial charge in [-0.2, -0.15) is 0 Å². The molecule has 0 saturated carbocycles. The van der Waals surface area contributed by atoms with Crippen LogP contribution in [0.1, 0.15) is 13.3 Å². The summed E-state index contributed by atoms with van der Waals surface area (Å²) in [5, 5.41) is 13.9. The Morgan fingerprint density at radius 1 is 1.38 bits per heavy atom. The number of anilines is 1. The van der Waals surface area contributed by atoms with Crippen molar-refractivity contribution in [2.45, 2.75) is 18.2 Å². The summed E-state index contributed by atoms with van der Waals surface area (Å²) in [4.78, 5) is 9.93. The molecule has 0 amide bonds. The molecule has 21 heavy (non-hydrogen) atoms. The quantitative estimate of drug-likeness (QED) is 0.404. The molecule has 118 valence electrons. The van der Waals surface area contributed by atoms with Crippen LogP contribution < -0.4 is 10.0 Å². The highest BCUT2D eigenvalue weighted by Crippen LogP contribution is 2.26. The summed E-state index contributed by atoms with van der Waals surface area (Å²) >= 11 is 0. The number of sulfonamides is 1. The molecule has 1 rings (SSSR count). The average molecular weight is 317 g/mol. The van der Waals surface area contributed by atoms with Crippen LogP contribution in [-0.4, -0.2) is 40.1 Å². The van der Waals surface area contributed by atoms with Gasteiger partial charge in [-0.3, -0.25) is 10.1 Å². The Kier molecular flexibility index (Phi) is 6.53. The fourth-order valence-corrected chi connectivity index (χ4v) is 2.96. The second-order valence-electron chi connectivity index (χ2n) is 4.21. The van der Waals surface area contributed by atoms with E-state index in [2.05, 4.69) is 10.0 Å². The van der Waals surface area contributed by atoms with Gasteiger partial charge < -0.3 is 10.1 Å². The highest BCUT2D eigenvalue weighted by molar-refractivity contribution is 7.89. The Bertz CT molecular complexity index is 589. The molecular formula is C12H19N3O5S. The molecule has 0 aromatic heterocycles. The third-order valence-electron chi connectivity index (χ3n) is 2.64. The van der Waals surface area contributed by atoms with Crippen molar-refractivity contribution in [1.82, 2.24) is 4.72 Å². The van der Waals surface area contributed by atoms with Crippen LogP contribution in [0.2, 0.25) is 0 Å². The molecule has 0 spiro atoms.